The van der Waals surface area contributed by atoms with Crippen LogP contribution < -0.4 is 17.0 Å². The van der Waals surface area contributed by atoms with Crippen molar-refractivity contribution in [1.82, 2.24) is 0 Å². The third-order valence-corrected chi connectivity index (χ3v) is 1.17. The number of halogens is 1. The fourth-order valence-corrected chi connectivity index (χ4v) is 0.680. The maximum atomic E-state index is 2.99. The summed E-state index contributed by atoms with van der Waals surface area (Å²) in [6.07, 6.45) is 20.0. The quantitative estimate of drug-likeness (QED) is 0.373. The Hall–Kier alpha value is 0.371. The predicted molar refractivity (Wildman–Crippen MR) is 53.1 cm³/mol. The van der Waals surface area contributed by atoms with E-state index in [0.717, 1.165) is 12.8 Å². The predicted octanol–water partition coefficient (Wildman–Crippen LogP) is -1.57. The van der Waals surface area contributed by atoms with E-state index in [1.165, 1.54) is 0 Å². The molecule has 0 unspecified atom stereocenters. The molecule has 0 amide bonds. The van der Waals surface area contributed by atoms with Crippen molar-refractivity contribution < 1.29 is 38.7 Å². The van der Waals surface area contributed by atoms with Gasteiger partial charge in [-0.3, -0.25) is 12.2 Å². The van der Waals surface area contributed by atoms with Crippen molar-refractivity contribution >= 4 is 11.0 Å². The van der Waals surface area contributed by atoms with Crippen LogP contribution in [-0.4, -0.2) is 11.0 Å². The van der Waals surface area contributed by atoms with E-state index in [1.807, 2.05) is 24.3 Å². The van der Waals surface area contributed by atoms with Crippen molar-refractivity contribution in [3.05, 3.63) is 48.6 Å². The zero-order chi connectivity index (χ0) is 7.07. The summed E-state index contributed by atoms with van der Waals surface area (Å²) in [6.45, 7) is 0. The minimum atomic E-state index is 0. The first-order valence-corrected chi connectivity index (χ1v) is 3.43. The van der Waals surface area contributed by atoms with Crippen LogP contribution in [0.1, 0.15) is 12.8 Å². The minimum absolute atomic E-state index is 0. The van der Waals surface area contributed by atoms with Gasteiger partial charge in [-0.05, 0) is 11.0 Å². The molecule has 0 saturated heterocycles. The summed E-state index contributed by atoms with van der Waals surface area (Å²) in [5.74, 6) is 0. The maximum absolute atomic E-state index is 2.99. The Morgan fingerprint density at radius 3 is 1.31 bits per heavy atom. The second kappa shape index (κ2) is 14.9. The number of hydrogen-bond acceptors (Lipinski definition) is 0. The smallest absolute Gasteiger partial charge is 1.00 e. The van der Waals surface area contributed by atoms with Crippen LogP contribution in [-0.2, 0) is 21.7 Å². The Kier molecular flexibility index (Phi) is 21.8. The van der Waals surface area contributed by atoms with Gasteiger partial charge in [-0.2, -0.15) is 12.2 Å². The molecule has 2 aliphatic rings. The van der Waals surface area contributed by atoms with Crippen LogP contribution in [0.5, 0.6) is 0 Å². The van der Waals surface area contributed by atoms with Crippen molar-refractivity contribution in [2.45, 2.75) is 12.8 Å². The van der Waals surface area contributed by atoms with Gasteiger partial charge >= 0.3 is 21.7 Å². The average molecular weight is 289 g/mol. The second-order valence-electron chi connectivity index (χ2n) is 2.01. The molecule has 68 valence electrons. The SMILES string of the molecule is [Br-].[C-]1=CC=CC1.[C-]1=CC=CC1.[SiH3].[Ti+3]. The summed E-state index contributed by atoms with van der Waals surface area (Å²) in [4.78, 5) is 0. The first-order valence-electron chi connectivity index (χ1n) is 3.43. The second-order valence-corrected chi connectivity index (χ2v) is 2.01. The van der Waals surface area contributed by atoms with Gasteiger partial charge in [0.05, 0.1) is 0 Å². The zero-order valence-corrected chi connectivity index (χ0v) is 12.9. The molecule has 0 heterocycles. The summed E-state index contributed by atoms with van der Waals surface area (Å²) in [6, 6.07) is 0. The molecule has 2 aliphatic carbocycles. The van der Waals surface area contributed by atoms with E-state index in [0.29, 0.717) is 0 Å². The molecular weight excluding hydrogens is 276 g/mol. The van der Waals surface area contributed by atoms with Gasteiger partial charge in [0.2, 0.25) is 0 Å². The molecule has 3 heteroatoms. The van der Waals surface area contributed by atoms with Crippen LogP contribution in [0.15, 0.2) is 36.5 Å². The molecule has 0 bridgehead atoms. The first kappa shape index (κ1) is 19.0. The van der Waals surface area contributed by atoms with Crippen LogP contribution >= 0.6 is 0 Å². The molecule has 0 aromatic heterocycles. The van der Waals surface area contributed by atoms with Crippen LogP contribution in [0.25, 0.3) is 0 Å². The fourth-order valence-electron chi connectivity index (χ4n) is 0.680. The molecule has 0 aromatic rings. The van der Waals surface area contributed by atoms with Crippen molar-refractivity contribution in [1.29, 1.82) is 0 Å². The van der Waals surface area contributed by atoms with Crippen molar-refractivity contribution in [2.75, 3.05) is 0 Å². The summed E-state index contributed by atoms with van der Waals surface area (Å²) in [7, 11) is 0. The summed E-state index contributed by atoms with van der Waals surface area (Å²) in [5.41, 5.74) is 0. The number of hydrogen-bond donors (Lipinski definition) is 0. The molecule has 0 fully saturated rings. The zero-order valence-electron chi connectivity index (χ0n) is 7.76. The molecular formula is C10H13BrSiTi. The van der Waals surface area contributed by atoms with E-state index in [-0.39, 0.29) is 49.7 Å². The average Bonchev–Trinajstić information content (AvgIpc) is 2.67. The van der Waals surface area contributed by atoms with E-state index in [2.05, 4.69) is 24.3 Å². The summed E-state index contributed by atoms with van der Waals surface area (Å²) in [5, 5.41) is 0. The van der Waals surface area contributed by atoms with Gasteiger partial charge in [-0.1, -0.05) is 0 Å². The Morgan fingerprint density at radius 1 is 0.846 bits per heavy atom. The maximum Gasteiger partial charge on any atom is 3.00 e. The molecule has 0 saturated carbocycles. The Morgan fingerprint density at radius 2 is 1.23 bits per heavy atom. The molecule has 0 spiro atoms. The topological polar surface area (TPSA) is 0 Å². The van der Waals surface area contributed by atoms with Crippen LogP contribution in [0, 0.1) is 12.2 Å². The number of rotatable bonds is 0. The molecule has 0 aromatic carbocycles. The van der Waals surface area contributed by atoms with E-state index >= 15 is 0 Å². The fraction of sp³-hybridized carbons (Fsp3) is 0.200. The van der Waals surface area contributed by atoms with Crippen LogP contribution in [0.2, 0.25) is 0 Å². The van der Waals surface area contributed by atoms with Gasteiger partial charge in [0.25, 0.3) is 0 Å². The van der Waals surface area contributed by atoms with Crippen LogP contribution in [0.3, 0.4) is 0 Å². The Labute approximate surface area is 111 Å². The number of allylic oxidation sites excluding steroid dienone is 8. The Balaban J connectivity index is -0.000000125. The van der Waals surface area contributed by atoms with Crippen molar-refractivity contribution in [2.24, 2.45) is 0 Å². The Bertz CT molecular complexity index is 153. The third kappa shape index (κ3) is 12.4. The molecule has 0 nitrogen and oxygen atoms in total. The van der Waals surface area contributed by atoms with Crippen molar-refractivity contribution in [3.8, 4) is 0 Å². The molecule has 13 heavy (non-hydrogen) atoms. The first-order chi connectivity index (χ1) is 5.00. The monoisotopic (exact) mass is 288 g/mol. The summed E-state index contributed by atoms with van der Waals surface area (Å²) < 4.78 is 0. The van der Waals surface area contributed by atoms with Crippen molar-refractivity contribution in [3.63, 3.8) is 0 Å². The normalized spacial score (nSPS) is 13.5. The van der Waals surface area contributed by atoms with E-state index in [4.69, 9.17) is 0 Å². The third-order valence-electron chi connectivity index (χ3n) is 1.17. The van der Waals surface area contributed by atoms with E-state index in [1.54, 1.807) is 0 Å². The molecule has 0 aliphatic heterocycles. The van der Waals surface area contributed by atoms with Gasteiger partial charge < -0.3 is 17.0 Å². The molecule has 0 N–H and O–H groups in total. The van der Waals surface area contributed by atoms with Gasteiger partial charge in [0.1, 0.15) is 0 Å². The molecule has 0 atom stereocenters. The van der Waals surface area contributed by atoms with E-state index in [9.17, 15) is 0 Å². The standard InChI is InChI=1S/2C5H5.BrH.H3Si.Ti/c2*1-2-4-5-3-1;;;/h2*1-3H,4H2;1H;1H3;/q2*-1;;;+3/p-1. The van der Waals surface area contributed by atoms with E-state index < -0.39 is 0 Å². The van der Waals surface area contributed by atoms with Gasteiger partial charge in [-0.25, -0.2) is 24.3 Å². The largest absolute Gasteiger partial charge is 3.00 e. The minimum Gasteiger partial charge on any atom is -1.00 e. The summed E-state index contributed by atoms with van der Waals surface area (Å²) >= 11 is 0. The van der Waals surface area contributed by atoms with Gasteiger partial charge in [-0.15, -0.1) is 12.8 Å². The molecule has 2 rings (SSSR count). The van der Waals surface area contributed by atoms with Gasteiger partial charge in [0.15, 0.2) is 0 Å². The van der Waals surface area contributed by atoms with Crippen LogP contribution in [0.4, 0.5) is 0 Å². The molecule has 2 radical (unpaired) electrons. The van der Waals surface area contributed by atoms with Gasteiger partial charge in [0, 0.05) is 0 Å².